The number of ether oxygens (including phenoxy) is 2. The molecule has 4 aliphatic rings. The van der Waals surface area contributed by atoms with Crippen LogP contribution in [0.5, 0.6) is 0 Å². The molecule has 52 heavy (non-hydrogen) atoms. The van der Waals surface area contributed by atoms with E-state index in [2.05, 4.69) is 18.5 Å². The highest BCUT2D eigenvalue weighted by molar-refractivity contribution is 5.98. The van der Waals surface area contributed by atoms with Gasteiger partial charge in [0.05, 0.1) is 36.6 Å². The monoisotopic (exact) mass is 711 g/mol. The number of hydrogen-bond donors (Lipinski definition) is 2. The van der Waals surface area contributed by atoms with Gasteiger partial charge >= 0.3 is 5.97 Å². The Labute approximate surface area is 307 Å². The molecule has 10 nitrogen and oxygen atoms in total. The molecule has 0 aromatic heterocycles. The molecule has 3 aliphatic heterocycles. The summed E-state index contributed by atoms with van der Waals surface area (Å²) >= 11 is 0. The van der Waals surface area contributed by atoms with Crippen molar-refractivity contribution in [2.75, 3.05) is 13.2 Å². The zero-order chi connectivity index (χ0) is 36.8. The molecule has 3 heterocycles. The lowest BCUT2D eigenvalue weighted by molar-refractivity contribution is -0.162. The first kappa shape index (κ1) is 37.5. The average Bonchev–Trinajstić information content (AvgIpc) is 3.82. The lowest BCUT2D eigenvalue weighted by Gasteiger charge is -2.42. The van der Waals surface area contributed by atoms with Crippen molar-refractivity contribution in [1.82, 2.24) is 15.1 Å². The average molecular weight is 712 g/mol. The van der Waals surface area contributed by atoms with Gasteiger partial charge in [-0.3, -0.25) is 19.2 Å². The van der Waals surface area contributed by atoms with Crippen LogP contribution in [0.1, 0.15) is 81.9 Å². The van der Waals surface area contributed by atoms with Crippen LogP contribution in [0.25, 0.3) is 0 Å². The summed E-state index contributed by atoms with van der Waals surface area (Å²) in [6, 6.07) is 16.5. The van der Waals surface area contributed by atoms with E-state index < -0.39 is 53.7 Å². The molecule has 1 saturated carbocycles. The lowest BCUT2D eigenvalue weighted by atomic mass is 9.70. The summed E-state index contributed by atoms with van der Waals surface area (Å²) in [6.45, 7) is 9.41. The molecule has 8 atom stereocenters. The van der Waals surface area contributed by atoms with Crippen LogP contribution in [0.3, 0.4) is 0 Å². The summed E-state index contributed by atoms with van der Waals surface area (Å²) in [5.41, 5.74) is 0.365. The van der Waals surface area contributed by atoms with Crippen LogP contribution in [-0.2, 0) is 35.1 Å². The van der Waals surface area contributed by atoms with Crippen molar-refractivity contribution in [3.63, 3.8) is 0 Å². The minimum absolute atomic E-state index is 0.00234. The molecule has 6 rings (SSSR count). The van der Waals surface area contributed by atoms with E-state index in [4.69, 9.17) is 9.47 Å². The van der Waals surface area contributed by atoms with Crippen molar-refractivity contribution in [3.05, 3.63) is 97.1 Å². The zero-order valence-electron chi connectivity index (χ0n) is 30.2. The number of allylic oxidation sites excluding steroid dienone is 1. The van der Waals surface area contributed by atoms with Crippen molar-refractivity contribution < 1.29 is 33.8 Å². The molecule has 10 heteroatoms. The van der Waals surface area contributed by atoms with E-state index >= 15 is 4.79 Å². The molecular formula is C42H53N3O7. The molecule has 278 valence electrons. The van der Waals surface area contributed by atoms with Gasteiger partial charge in [-0.25, -0.2) is 0 Å². The van der Waals surface area contributed by atoms with Gasteiger partial charge in [0, 0.05) is 19.0 Å². The smallest absolute Gasteiger partial charge is 0.313 e. The number of esters is 1. The van der Waals surface area contributed by atoms with Gasteiger partial charge in [0.2, 0.25) is 17.7 Å². The Hall–Kier alpha value is -4.28. The van der Waals surface area contributed by atoms with Crippen molar-refractivity contribution in [2.24, 2.45) is 11.8 Å². The van der Waals surface area contributed by atoms with E-state index in [1.165, 1.54) is 0 Å². The summed E-state index contributed by atoms with van der Waals surface area (Å²) in [5, 5.41) is 13.9. The first-order valence-corrected chi connectivity index (χ1v) is 19.0. The van der Waals surface area contributed by atoms with E-state index in [1.807, 2.05) is 65.6 Å². The summed E-state index contributed by atoms with van der Waals surface area (Å²) in [7, 11) is 0. The quantitative estimate of drug-likeness (QED) is 0.184. The fourth-order valence-corrected chi connectivity index (χ4v) is 9.22. The van der Waals surface area contributed by atoms with Crippen LogP contribution in [0.15, 0.2) is 86.0 Å². The Bertz CT molecular complexity index is 1590. The third kappa shape index (κ3) is 7.33. The number of hydrogen-bond acceptors (Lipinski definition) is 7. The van der Waals surface area contributed by atoms with Crippen LogP contribution in [0.4, 0.5) is 0 Å². The number of carbonyl (C=O) groups is 4. The molecule has 4 fully saturated rings. The van der Waals surface area contributed by atoms with Gasteiger partial charge in [0.15, 0.2) is 0 Å². The topological polar surface area (TPSA) is 125 Å². The highest BCUT2D eigenvalue weighted by Gasteiger charge is 2.76. The maximum atomic E-state index is 15.1. The Morgan fingerprint density at radius 3 is 2.38 bits per heavy atom. The third-order valence-corrected chi connectivity index (χ3v) is 11.6. The van der Waals surface area contributed by atoms with Crippen LogP contribution >= 0.6 is 0 Å². The Kier molecular flexibility index (Phi) is 12.0. The number of aliphatic hydroxyl groups is 1. The third-order valence-electron chi connectivity index (χ3n) is 11.6. The number of carbonyl (C=O) groups excluding carboxylic acids is 4. The molecule has 1 aliphatic carbocycles. The predicted molar refractivity (Wildman–Crippen MR) is 197 cm³/mol. The molecule has 0 radical (unpaired) electrons. The fraction of sp³-hybridized carbons (Fsp3) is 0.524. The number of fused-ring (bicyclic) bond motifs is 1. The largest absolute Gasteiger partial charge is 0.455 e. The molecule has 2 bridgehead atoms. The first-order valence-electron chi connectivity index (χ1n) is 19.0. The normalized spacial score (nSPS) is 27.0. The minimum atomic E-state index is -1.26. The highest BCUT2D eigenvalue weighted by atomic mass is 16.6. The van der Waals surface area contributed by atoms with E-state index in [-0.39, 0.29) is 36.8 Å². The van der Waals surface area contributed by atoms with Crippen molar-refractivity contribution in [1.29, 1.82) is 0 Å². The molecule has 3 amide bonds. The van der Waals surface area contributed by atoms with Gasteiger partial charge in [-0.15, -0.1) is 13.2 Å². The molecule has 2 aromatic rings. The van der Waals surface area contributed by atoms with E-state index in [0.717, 1.165) is 37.7 Å². The summed E-state index contributed by atoms with van der Waals surface area (Å²) in [5.74, 6) is -3.31. The van der Waals surface area contributed by atoms with E-state index in [0.29, 0.717) is 37.8 Å². The van der Waals surface area contributed by atoms with Crippen LogP contribution in [-0.4, -0.2) is 87.6 Å². The maximum Gasteiger partial charge on any atom is 0.313 e. The summed E-state index contributed by atoms with van der Waals surface area (Å²) in [6.07, 6.45) is 8.85. The predicted octanol–water partition coefficient (Wildman–Crippen LogP) is 5.07. The second-order valence-electron chi connectivity index (χ2n) is 14.9. The molecule has 3 saturated heterocycles. The van der Waals surface area contributed by atoms with Crippen LogP contribution < -0.4 is 5.32 Å². The number of amides is 3. The summed E-state index contributed by atoms with van der Waals surface area (Å²) in [4.78, 5) is 60.7. The minimum Gasteiger partial charge on any atom is -0.455 e. The number of aliphatic hydroxyl groups excluding tert-OH is 1. The number of nitrogens with one attached hydrogen (secondary N) is 1. The first-order chi connectivity index (χ1) is 25.2. The maximum absolute atomic E-state index is 15.1. The van der Waals surface area contributed by atoms with Gasteiger partial charge in [-0.2, -0.15) is 0 Å². The second kappa shape index (κ2) is 16.6. The Morgan fingerprint density at radius 2 is 1.73 bits per heavy atom. The number of rotatable bonds is 16. The number of likely N-dealkylation sites (tertiary alicyclic amines) is 1. The molecule has 2 N–H and O–H groups in total. The number of benzene rings is 2. The van der Waals surface area contributed by atoms with Crippen molar-refractivity contribution in [3.8, 4) is 0 Å². The van der Waals surface area contributed by atoms with Gasteiger partial charge in [-0.05, 0) is 56.6 Å². The van der Waals surface area contributed by atoms with E-state index in [1.54, 1.807) is 24.0 Å². The van der Waals surface area contributed by atoms with Crippen LogP contribution in [0.2, 0.25) is 0 Å². The van der Waals surface area contributed by atoms with E-state index in [9.17, 15) is 19.5 Å². The fourth-order valence-electron chi connectivity index (χ4n) is 9.22. The lowest BCUT2D eigenvalue weighted by Crippen LogP contribution is -2.60. The molecular weight excluding hydrogens is 658 g/mol. The van der Waals surface area contributed by atoms with Crippen molar-refractivity contribution in [2.45, 2.75) is 113 Å². The SMILES string of the molecule is C=CCCC(=O)N[C@H](C)[C@@H](OC(=O)[C@@H]1[C@H]2C(=O)N([C@@H](CO)Cc3ccccc3)[C@H](C(=O)N(CC=C)C3CCCCC3)[C@]23CC[C@H]1O3)c1ccccc1. The zero-order valence-corrected chi connectivity index (χ0v) is 30.2. The van der Waals surface area contributed by atoms with Gasteiger partial charge in [-0.1, -0.05) is 92.1 Å². The standard InChI is InChI=1S/C42H53N3O7/c1-4-6-22-34(47)43-28(3)37(30-18-12-8-13-19-30)51-41(50)35-33-23-24-42(52-33)36(35)39(48)45(32(27-46)26-29-16-10-7-11-17-29)38(42)40(49)44(25-5-2)31-20-14-9-15-21-31/h4-5,7-8,10-13,16-19,28,31-33,35-38,46H,1-2,6,9,14-15,20-27H2,3H3,(H,43,47)/t28-,32-,33-,35+,36+,37-,38-,42+/m1/s1. The summed E-state index contributed by atoms with van der Waals surface area (Å²) < 4.78 is 13.1. The van der Waals surface area contributed by atoms with Gasteiger partial charge < -0.3 is 29.7 Å². The molecule has 2 aromatic carbocycles. The Morgan fingerprint density at radius 1 is 1.04 bits per heavy atom. The Balaban J connectivity index is 1.35. The van der Waals surface area contributed by atoms with Gasteiger partial charge in [0.25, 0.3) is 0 Å². The molecule has 0 unspecified atom stereocenters. The van der Waals surface area contributed by atoms with Crippen molar-refractivity contribution >= 4 is 23.7 Å². The van der Waals surface area contributed by atoms with Gasteiger partial charge in [0.1, 0.15) is 17.7 Å². The second-order valence-corrected chi connectivity index (χ2v) is 14.9. The van der Waals surface area contributed by atoms with Crippen LogP contribution in [0, 0.1) is 11.8 Å². The molecule has 1 spiro atoms. The number of nitrogens with zero attached hydrogens (tertiary/aromatic N) is 2. The highest BCUT2D eigenvalue weighted by Crippen LogP contribution is 2.59.